The molecule has 24 heavy (non-hydrogen) atoms. The summed E-state index contributed by atoms with van der Waals surface area (Å²) in [6.45, 7) is 5.72. The number of benzene rings is 1. The molecular weight excluding hydrogens is 328 g/mol. The first-order valence-electron chi connectivity index (χ1n) is 8.49. The molecule has 1 atom stereocenters. The molecule has 0 unspecified atom stereocenters. The first-order valence-corrected chi connectivity index (χ1v) is 9.93. The lowest BCUT2D eigenvalue weighted by atomic mass is 9.99. The number of nitrogens with zero attached hydrogens (tertiary/aromatic N) is 1. The van der Waals surface area contributed by atoms with Crippen molar-refractivity contribution in [3.05, 3.63) is 24.3 Å². The number of amides is 1. The number of carbonyl (C=O) groups excluding carboxylic acids is 1. The lowest BCUT2D eigenvalue weighted by Crippen LogP contribution is -2.45. The van der Waals surface area contributed by atoms with Gasteiger partial charge in [0.25, 0.3) is 0 Å². The van der Waals surface area contributed by atoms with Crippen molar-refractivity contribution in [2.24, 2.45) is 5.92 Å². The summed E-state index contributed by atoms with van der Waals surface area (Å²) in [5.41, 5.74) is 0. The zero-order valence-electron chi connectivity index (χ0n) is 14.3. The van der Waals surface area contributed by atoms with Crippen LogP contribution in [-0.2, 0) is 14.8 Å². The zero-order valence-corrected chi connectivity index (χ0v) is 15.1. The van der Waals surface area contributed by atoms with Crippen LogP contribution in [0.3, 0.4) is 0 Å². The molecule has 1 aromatic carbocycles. The molecule has 0 aliphatic carbocycles. The van der Waals surface area contributed by atoms with Crippen LogP contribution >= 0.6 is 0 Å². The first kappa shape index (κ1) is 18.7. The van der Waals surface area contributed by atoms with Crippen LogP contribution in [0.15, 0.2) is 29.2 Å². The molecule has 134 valence electrons. The number of carbonyl (C=O) groups is 1. The number of sulfonamides is 1. The molecule has 1 amide bonds. The number of ether oxygens (including phenoxy) is 1. The van der Waals surface area contributed by atoms with E-state index < -0.39 is 10.0 Å². The Labute approximate surface area is 144 Å². The van der Waals surface area contributed by atoms with Crippen LogP contribution in [-0.4, -0.2) is 44.9 Å². The molecule has 1 aliphatic rings. The van der Waals surface area contributed by atoms with Crippen LogP contribution in [0.2, 0.25) is 0 Å². The van der Waals surface area contributed by atoms with Gasteiger partial charge >= 0.3 is 0 Å². The number of hydrogen-bond acceptors (Lipinski definition) is 4. The fraction of sp³-hybridized carbons (Fsp3) is 0.588. The SMILES string of the molecule is CCCNC(=O)[C@H]1CCCN(S(=O)(=O)c2ccc(OCC)cc2)C1. The molecule has 0 bridgehead atoms. The van der Waals surface area contributed by atoms with Crippen LogP contribution in [0.4, 0.5) is 0 Å². The number of hydrogen-bond donors (Lipinski definition) is 1. The van der Waals surface area contributed by atoms with Crippen molar-refractivity contribution in [3.8, 4) is 5.75 Å². The Kier molecular flexibility index (Phi) is 6.62. The summed E-state index contributed by atoms with van der Waals surface area (Å²) < 4.78 is 32.3. The van der Waals surface area contributed by atoms with Gasteiger partial charge in [-0.05, 0) is 50.5 Å². The lowest BCUT2D eigenvalue weighted by Gasteiger charge is -2.31. The van der Waals surface area contributed by atoms with E-state index in [9.17, 15) is 13.2 Å². The lowest BCUT2D eigenvalue weighted by molar-refractivity contribution is -0.126. The third-order valence-electron chi connectivity index (χ3n) is 4.08. The van der Waals surface area contributed by atoms with Crippen molar-refractivity contribution in [1.29, 1.82) is 0 Å². The number of piperidine rings is 1. The topological polar surface area (TPSA) is 75.7 Å². The van der Waals surface area contributed by atoms with Gasteiger partial charge in [0.15, 0.2) is 0 Å². The maximum absolute atomic E-state index is 12.8. The highest BCUT2D eigenvalue weighted by Gasteiger charge is 2.33. The summed E-state index contributed by atoms with van der Waals surface area (Å²) in [5.74, 6) is 0.318. The largest absolute Gasteiger partial charge is 0.494 e. The van der Waals surface area contributed by atoms with Crippen LogP contribution in [0.5, 0.6) is 5.75 Å². The Bertz CT molecular complexity index is 643. The Morgan fingerprint density at radius 1 is 1.29 bits per heavy atom. The molecule has 0 radical (unpaired) electrons. The highest BCUT2D eigenvalue weighted by atomic mass is 32.2. The molecule has 7 heteroatoms. The van der Waals surface area contributed by atoms with Crippen LogP contribution in [0, 0.1) is 5.92 Å². The summed E-state index contributed by atoms with van der Waals surface area (Å²) in [5, 5.41) is 2.86. The smallest absolute Gasteiger partial charge is 0.243 e. The Balaban J connectivity index is 2.09. The second kappa shape index (κ2) is 8.48. The number of rotatable bonds is 7. The molecule has 2 rings (SSSR count). The highest BCUT2D eigenvalue weighted by molar-refractivity contribution is 7.89. The van der Waals surface area contributed by atoms with E-state index in [0.717, 1.165) is 12.8 Å². The van der Waals surface area contributed by atoms with Crippen molar-refractivity contribution in [2.45, 2.75) is 38.0 Å². The van der Waals surface area contributed by atoms with Crippen molar-refractivity contribution in [1.82, 2.24) is 9.62 Å². The quantitative estimate of drug-likeness (QED) is 0.813. The Morgan fingerprint density at radius 3 is 2.62 bits per heavy atom. The molecule has 0 saturated carbocycles. The maximum atomic E-state index is 12.8. The molecule has 1 saturated heterocycles. The van der Waals surface area contributed by atoms with E-state index in [1.54, 1.807) is 24.3 Å². The first-order chi connectivity index (χ1) is 11.5. The summed E-state index contributed by atoms with van der Waals surface area (Å²) >= 11 is 0. The molecule has 0 spiro atoms. The molecule has 1 aromatic rings. The summed E-state index contributed by atoms with van der Waals surface area (Å²) in [4.78, 5) is 12.4. The van der Waals surface area contributed by atoms with Crippen molar-refractivity contribution in [2.75, 3.05) is 26.2 Å². The molecule has 6 nitrogen and oxygen atoms in total. The van der Waals surface area contributed by atoms with Gasteiger partial charge in [-0.15, -0.1) is 0 Å². The highest BCUT2D eigenvalue weighted by Crippen LogP contribution is 2.25. The van der Waals surface area contributed by atoms with Gasteiger partial charge in [0.1, 0.15) is 5.75 Å². The average Bonchev–Trinajstić information content (AvgIpc) is 2.60. The van der Waals surface area contributed by atoms with Crippen LogP contribution < -0.4 is 10.1 Å². The van der Waals surface area contributed by atoms with Gasteiger partial charge in [0, 0.05) is 19.6 Å². The van der Waals surface area contributed by atoms with E-state index in [2.05, 4.69) is 5.32 Å². The van der Waals surface area contributed by atoms with Gasteiger partial charge in [-0.3, -0.25) is 4.79 Å². The van der Waals surface area contributed by atoms with Gasteiger partial charge in [-0.1, -0.05) is 6.92 Å². The minimum atomic E-state index is -3.58. The molecule has 1 heterocycles. The van der Waals surface area contributed by atoms with E-state index in [4.69, 9.17) is 4.74 Å². The van der Waals surface area contributed by atoms with Crippen LogP contribution in [0.1, 0.15) is 33.1 Å². The summed E-state index contributed by atoms with van der Waals surface area (Å²) in [6, 6.07) is 6.43. The normalized spacial score (nSPS) is 19.0. The van der Waals surface area contributed by atoms with Crippen LogP contribution in [0.25, 0.3) is 0 Å². The fourth-order valence-corrected chi connectivity index (χ4v) is 4.31. The van der Waals surface area contributed by atoms with Crippen molar-refractivity contribution in [3.63, 3.8) is 0 Å². The number of nitrogens with one attached hydrogen (secondary N) is 1. The fourth-order valence-electron chi connectivity index (χ4n) is 2.79. The van der Waals surface area contributed by atoms with E-state index in [0.29, 0.717) is 31.9 Å². The Morgan fingerprint density at radius 2 is 2.00 bits per heavy atom. The molecule has 0 aromatic heterocycles. The van der Waals surface area contributed by atoms with Crippen molar-refractivity contribution >= 4 is 15.9 Å². The molecule has 1 N–H and O–H groups in total. The molecular formula is C17H26N2O4S. The second-order valence-electron chi connectivity index (χ2n) is 5.90. The predicted octanol–water partition coefficient (Wildman–Crippen LogP) is 2.01. The third-order valence-corrected chi connectivity index (χ3v) is 5.96. The zero-order chi connectivity index (χ0) is 17.6. The van der Waals surface area contributed by atoms with Gasteiger partial charge < -0.3 is 10.1 Å². The minimum absolute atomic E-state index is 0.0524. The van der Waals surface area contributed by atoms with E-state index in [-0.39, 0.29) is 23.3 Å². The van der Waals surface area contributed by atoms with E-state index in [1.807, 2.05) is 13.8 Å². The summed E-state index contributed by atoms with van der Waals surface area (Å²) in [7, 11) is -3.58. The average molecular weight is 354 g/mol. The minimum Gasteiger partial charge on any atom is -0.494 e. The van der Waals surface area contributed by atoms with E-state index >= 15 is 0 Å². The van der Waals surface area contributed by atoms with Crippen molar-refractivity contribution < 1.29 is 17.9 Å². The standard InChI is InChI=1S/C17H26N2O4S/c1-3-11-18-17(20)14-6-5-12-19(13-14)24(21,22)16-9-7-15(8-10-16)23-4-2/h7-10,14H,3-6,11-13H2,1-2H3,(H,18,20)/t14-/m0/s1. The van der Waals surface area contributed by atoms with Gasteiger partial charge in [0.05, 0.1) is 17.4 Å². The summed E-state index contributed by atoms with van der Waals surface area (Å²) in [6.07, 6.45) is 2.29. The van der Waals surface area contributed by atoms with E-state index in [1.165, 1.54) is 4.31 Å². The second-order valence-corrected chi connectivity index (χ2v) is 7.84. The molecule has 1 fully saturated rings. The van der Waals surface area contributed by atoms with Gasteiger partial charge in [0.2, 0.25) is 15.9 Å². The monoisotopic (exact) mass is 354 g/mol. The Hall–Kier alpha value is -1.60. The van der Waals surface area contributed by atoms with Gasteiger partial charge in [-0.25, -0.2) is 8.42 Å². The third kappa shape index (κ3) is 4.48. The molecule has 1 aliphatic heterocycles. The maximum Gasteiger partial charge on any atom is 0.243 e. The van der Waals surface area contributed by atoms with Gasteiger partial charge in [-0.2, -0.15) is 4.31 Å². The predicted molar refractivity (Wildman–Crippen MR) is 92.4 cm³/mol.